The normalized spacial score (nSPS) is 13.9. The summed E-state index contributed by atoms with van der Waals surface area (Å²) in [7, 11) is 1.59. The van der Waals surface area contributed by atoms with Crippen LogP contribution >= 0.6 is 11.3 Å². The lowest BCUT2D eigenvalue weighted by atomic mass is 9.95. The minimum Gasteiger partial charge on any atom is -0.497 e. The fourth-order valence-corrected chi connectivity index (χ4v) is 4.42. The summed E-state index contributed by atoms with van der Waals surface area (Å²) in [6.45, 7) is 1.14. The molecule has 33 heavy (non-hydrogen) atoms. The Labute approximate surface area is 196 Å². The number of piperidine rings is 1. The number of carbonyl (C=O) groups excluding carboxylic acids is 3. The van der Waals surface area contributed by atoms with Gasteiger partial charge in [-0.3, -0.25) is 14.4 Å². The van der Waals surface area contributed by atoms with Gasteiger partial charge in [0.1, 0.15) is 5.75 Å². The van der Waals surface area contributed by atoms with Crippen LogP contribution in [0.25, 0.3) is 0 Å². The van der Waals surface area contributed by atoms with Crippen molar-refractivity contribution in [2.24, 2.45) is 5.92 Å². The molecule has 1 fully saturated rings. The molecule has 8 heteroatoms. The van der Waals surface area contributed by atoms with E-state index < -0.39 is 0 Å². The Bertz CT molecular complexity index is 1100. The molecule has 0 aliphatic carbocycles. The highest BCUT2D eigenvalue weighted by atomic mass is 32.1. The first-order valence-electron chi connectivity index (χ1n) is 10.7. The first-order chi connectivity index (χ1) is 16.0. The molecule has 1 saturated heterocycles. The zero-order chi connectivity index (χ0) is 23.2. The maximum Gasteiger partial charge on any atom is 0.263 e. The number of thiophene rings is 1. The Morgan fingerprint density at radius 2 is 1.55 bits per heavy atom. The van der Waals surface area contributed by atoms with Gasteiger partial charge < -0.3 is 20.3 Å². The van der Waals surface area contributed by atoms with Crippen molar-refractivity contribution >= 4 is 40.4 Å². The van der Waals surface area contributed by atoms with E-state index >= 15 is 0 Å². The quantitative estimate of drug-likeness (QED) is 0.563. The van der Waals surface area contributed by atoms with Crippen LogP contribution < -0.4 is 15.4 Å². The van der Waals surface area contributed by atoms with Crippen LogP contribution in [0.2, 0.25) is 0 Å². The molecule has 4 rings (SSSR count). The van der Waals surface area contributed by atoms with Crippen molar-refractivity contribution in [2.75, 3.05) is 30.8 Å². The molecule has 0 spiro atoms. The van der Waals surface area contributed by atoms with Crippen molar-refractivity contribution in [3.63, 3.8) is 0 Å². The minimum absolute atomic E-state index is 0.0346. The van der Waals surface area contributed by atoms with Crippen LogP contribution in [0, 0.1) is 5.92 Å². The fourth-order valence-electron chi connectivity index (χ4n) is 3.73. The van der Waals surface area contributed by atoms with E-state index in [0.29, 0.717) is 48.6 Å². The SMILES string of the molecule is COc1ccc(NC(=O)c2ccc(NC(=O)C3CCN(C(=O)c4cccs4)CC3)cc2)cc1. The summed E-state index contributed by atoms with van der Waals surface area (Å²) in [6, 6.07) is 17.6. The van der Waals surface area contributed by atoms with Crippen LogP contribution in [0.5, 0.6) is 5.75 Å². The van der Waals surface area contributed by atoms with E-state index in [0.717, 1.165) is 4.88 Å². The Morgan fingerprint density at radius 1 is 0.909 bits per heavy atom. The first kappa shape index (κ1) is 22.5. The number of carbonyl (C=O) groups is 3. The third-order valence-electron chi connectivity index (χ3n) is 5.65. The fraction of sp³-hybridized carbons (Fsp3) is 0.240. The molecule has 7 nitrogen and oxygen atoms in total. The highest BCUT2D eigenvalue weighted by molar-refractivity contribution is 7.12. The van der Waals surface area contributed by atoms with E-state index in [4.69, 9.17) is 4.74 Å². The van der Waals surface area contributed by atoms with Gasteiger partial charge in [-0.05, 0) is 72.8 Å². The van der Waals surface area contributed by atoms with Gasteiger partial charge in [0, 0.05) is 35.9 Å². The van der Waals surface area contributed by atoms with Crippen molar-refractivity contribution < 1.29 is 19.1 Å². The van der Waals surface area contributed by atoms with Gasteiger partial charge in [0.15, 0.2) is 0 Å². The standard InChI is InChI=1S/C25H25N3O4S/c1-32-21-10-8-20(9-11-21)27-23(29)17-4-6-19(7-5-17)26-24(30)18-12-14-28(15-13-18)25(31)22-3-2-16-33-22/h2-11,16,18H,12-15H2,1H3,(H,26,30)(H,27,29). The minimum atomic E-state index is -0.235. The van der Waals surface area contributed by atoms with Crippen LogP contribution in [-0.2, 0) is 4.79 Å². The third-order valence-corrected chi connectivity index (χ3v) is 6.51. The molecule has 0 atom stereocenters. The highest BCUT2D eigenvalue weighted by Crippen LogP contribution is 2.23. The van der Waals surface area contributed by atoms with Gasteiger partial charge in [-0.1, -0.05) is 6.07 Å². The lowest BCUT2D eigenvalue weighted by Gasteiger charge is -2.31. The second kappa shape index (κ2) is 10.3. The molecule has 2 aromatic carbocycles. The number of nitrogens with zero attached hydrogens (tertiary/aromatic N) is 1. The molecule has 2 N–H and O–H groups in total. The molecule has 3 amide bonds. The number of hydrogen-bond acceptors (Lipinski definition) is 5. The molecule has 1 aliphatic heterocycles. The summed E-state index contributed by atoms with van der Waals surface area (Å²) >= 11 is 1.43. The Hall–Kier alpha value is -3.65. The van der Waals surface area contributed by atoms with Gasteiger partial charge in [0.25, 0.3) is 11.8 Å². The van der Waals surface area contributed by atoms with Crippen molar-refractivity contribution in [3.8, 4) is 5.75 Å². The molecule has 0 bridgehead atoms. The number of amides is 3. The lowest BCUT2D eigenvalue weighted by molar-refractivity contribution is -0.121. The van der Waals surface area contributed by atoms with Gasteiger partial charge in [-0.2, -0.15) is 0 Å². The smallest absolute Gasteiger partial charge is 0.263 e. The van der Waals surface area contributed by atoms with Crippen molar-refractivity contribution in [1.29, 1.82) is 0 Å². The van der Waals surface area contributed by atoms with Gasteiger partial charge in [0.2, 0.25) is 5.91 Å². The van der Waals surface area contributed by atoms with E-state index in [2.05, 4.69) is 10.6 Å². The van der Waals surface area contributed by atoms with Gasteiger partial charge in [-0.15, -0.1) is 11.3 Å². The summed E-state index contributed by atoms with van der Waals surface area (Å²) < 4.78 is 5.11. The average molecular weight is 464 g/mol. The van der Waals surface area contributed by atoms with E-state index in [1.807, 2.05) is 22.4 Å². The first-order valence-corrected chi connectivity index (χ1v) is 11.6. The summed E-state index contributed by atoms with van der Waals surface area (Å²) in [5.41, 5.74) is 1.80. The Balaban J connectivity index is 1.27. The van der Waals surface area contributed by atoms with Crippen LogP contribution in [0.15, 0.2) is 66.0 Å². The summed E-state index contributed by atoms with van der Waals surface area (Å²) in [5.74, 6) is 0.310. The van der Waals surface area contributed by atoms with E-state index in [9.17, 15) is 14.4 Å². The number of ether oxygens (including phenoxy) is 1. The third kappa shape index (κ3) is 5.59. The molecule has 0 unspecified atom stereocenters. The second-order valence-corrected chi connectivity index (χ2v) is 8.74. The maximum absolute atomic E-state index is 12.7. The number of hydrogen-bond donors (Lipinski definition) is 2. The van der Waals surface area contributed by atoms with E-state index in [1.165, 1.54) is 11.3 Å². The zero-order valence-corrected chi connectivity index (χ0v) is 19.1. The molecule has 3 aromatic rings. The van der Waals surface area contributed by atoms with Gasteiger partial charge in [0.05, 0.1) is 12.0 Å². The zero-order valence-electron chi connectivity index (χ0n) is 18.2. The van der Waals surface area contributed by atoms with Crippen molar-refractivity contribution in [1.82, 2.24) is 4.90 Å². The van der Waals surface area contributed by atoms with Crippen molar-refractivity contribution in [3.05, 3.63) is 76.5 Å². The predicted octanol–water partition coefficient (Wildman–Crippen LogP) is 4.50. The summed E-state index contributed by atoms with van der Waals surface area (Å²) in [6.07, 6.45) is 1.26. The molecule has 1 aromatic heterocycles. The molecule has 1 aliphatic rings. The van der Waals surface area contributed by atoms with E-state index in [-0.39, 0.29) is 23.6 Å². The highest BCUT2D eigenvalue weighted by Gasteiger charge is 2.28. The van der Waals surface area contributed by atoms with Gasteiger partial charge in [-0.25, -0.2) is 0 Å². The van der Waals surface area contributed by atoms with Crippen LogP contribution in [0.1, 0.15) is 32.9 Å². The number of methoxy groups -OCH3 is 1. The maximum atomic E-state index is 12.7. The number of rotatable bonds is 6. The monoisotopic (exact) mass is 463 g/mol. The predicted molar refractivity (Wildman–Crippen MR) is 129 cm³/mol. The Morgan fingerprint density at radius 3 is 2.15 bits per heavy atom. The number of benzene rings is 2. The molecule has 170 valence electrons. The molecule has 0 radical (unpaired) electrons. The van der Waals surface area contributed by atoms with Crippen LogP contribution in [-0.4, -0.2) is 42.8 Å². The molecule has 2 heterocycles. The van der Waals surface area contributed by atoms with E-state index in [1.54, 1.807) is 55.6 Å². The van der Waals surface area contributed by atoms with Crippen LogP contribution in [0.4, 0.5) is 11.4 Å². The van der Waals surface area contributed by atoms with Crippen LogP contribution in [0.3, 0.4) is 0 Å². The van der Waals surface area contributed by atoms with Gasteiger partial charge >= 0.3 is 0 Å². The molecule has 0 saturated carbocycles. The Kier molecular flexibility index (Phi) is 7.04. The number of likely N-dealkylation sites (tertiary alicyclic amines) is 1. The lowest BCUT2D eigenvalue weighted by Crippen LogP contribution is -2.41. The number of anilines is 2. The topological polar surface area (TPSA) is 87.7 Å². The van der Waals surface area contributed by atoms with Crippen molar-refractivity contribution in [2.45, 2.75) is 12.8 Å². The summed E-state index contributed by atoms with van der Waals surface area (Å²) in [5, 5.41) is 7.65. The average Bonchev–Trinajstić information content (AvgIpc) is 3.39. The summed E-state index contributed by atoms with van der Waals surface area (Å²) in [4.78, 5) is 40.1. The molecular formula is C25H25N3O4S. The second-order valence-electron chi connectivity index (χ2n) is 7.79. The molecular weight excluding hydrogens is 438 g/mol. The number of nitrogens with one attached hydrogen (secondary N) is 2. The largest absolute Gasteiger partial charge is 0.497 e.